The number of para-hydroxylation sites is 1. The zero-order valence-corrected chi connectivity index (χ0v) is 18.0. The number of hydrogen-bond acceptors (Lipinski definition) is 5. The number of carbonyl (C=O) groups excluding carboxylic acids is 3. The van der Waals surface area contributed by atoms with Crippen LogP contribution in [0.3, 0.4) is 0 Å². The van der Waals surface area contributed by atoms with Gasteiger partial charge in [0.2, 0.25) is 0 Å². The minimum atomic E-state index is -0.623. The number of hydrogen-bond donors (Lipinski definition) is 5. The summed E-state index contributed by atoms with van der Waals surface area (Å²) in [5.74, 6) is 3.90. The van der Waals surface area contributed by atoms with Gasteiger partial charge in [0.1, 0.15) is 0 Å². The number of nitrogens with two attached hydrogens (primary N) is 1. The highest BCUT2D eigenvalue weighted by molar-refractivity contribution is 7.80. The Bertz CT molecular complexity index is 1160. The van der Waals surface area contributed by atoms with Gasteiger partial charge in [-0.1, -0.05) is 18.2 Å². The number of rotatable bonds is 6. The molecular weight excluding hydrogens is 426 g/mol. The Morgan fingerprint density at radius 2 is 1.31 bits per heavy atom. The minimum Gasteiger partial charge on any atom is -0.332 e. The molecule has 0 aliphatic carbocycles. The lowest BCUT2D eigenvalue weighted by Crippen LogP contribution is -2.31. The Labute approximate surface area is 190 Å². The largest absolute Gasteiger partial charge is 0.332 e. The molecule has 0 unspecified atom stereocenters. The van der Waals surface area contributed by atoms with Gasteiger partial charge < -0.3 is 16.0 Å². The van der Waals surface area contributed by atoms with Crippen molar-refractivity contribution in [1.82, 2.24) is 5.43 Å². The van der Waals surface area contributed by atoms with Gasteiger partial charge in [-0.25, -0.2) is 5.84 Å². The fraction of sp³-hybridized carbons (Fsp3) is 0.0435. The fourth-order valence-electron chi connectivity index (χ4n) is 2.92. The van der Waals surface area contributed by atoms with E-state index in [9.17, 15) is 14.4 Å². The van der Waals surface area contributed by atoms with Crippen LogP contribution in [-0.4, -0.2) is 22.7 Å². The average Bonchev–Trinajstić information content (AvgIpc) is 2.79. The van der Waals surface area contributed by atoms with E-state index >= 15 is 0 Å². The van der Waals surface area contributed by atoms with Crippen LogP contribution in [0.4, 0.5) is 17.1 Å². The summed E-state index contributed by atoms with van der Waals surface area (Å²) in [6.07, 6.45) is 0. The predicted molar refractivity (Wildman–Crippen MR) is 129 cm³/mol. The molecule has 0 radical (unpaired) electrons. The van der Waals surface area contributed by atoms with E-state index in [1.165, 1.54) is 19.1 Å². The number of nitrogens with one attached hydrogen (secondary N) is 4. The molecule has 0 bridgehead atoms. The van der Waals surface area contributed by atoms with E-state index in [-0.39, 0.29) is 22.8 Å². The van der Waals surface area contributed by atoms with Gasteiger partial charge in [0, 0.05) is 28.2 Å². The molecule has 0 aliphatic heterocycles. The van der Waals surface area contributed by atoms with Crippen molar-refractivity contribution in [2.24, 2.45) is 5.84 Å². The summed E-state index contributed by atoms with van der Waals surface area (Å²) in [6.45, 7) is 1.34. The summed E-state index contributed by atoms with van der Waals surface area (Å²) < 4.78 is 0. The molecule has 6 N–H and O–H groups in total. The molecule has 0 heterocycles. The first-order valence-corrected chi connectivity index (χ1v) is 9.98. The summed E-state index contributed by atoms with van der Waals surface area (Å²) in [7, 11) is 0. The van der Waals surface area contributed by atoms with Gasteiger partial charge in [-0.2, -0.15) is 0 Å². The monoisotopic (exact) mass is 447 g/mol. The third-order valence-electron chi connectivity index (χ3n) is 4.47. The van der Waals surface area contributed by atoms with Crippen LogP contribution in [0.15, 0.2) is 72.8 Å². The number of thiocarbonyl (C=S) groups is 1. The van der Waals surface area contributed by atoms with E-state index in [1.54, 1.807) is 30.3 Å². The van der Waals surface area contributed by atoms with Crippen LogP contribution in [0.2, 0.25) is 0 Å². The number of benzene rings is 3. The molecule has 0 saturated heterocycles. The zero-order valence-electron chi connectivity index (χ0n) is 17.1. The fourth-order valence-corrected chi connectivity index (χ4v) is 3.15. The van der Waals surface area contributed by atoms with Crippen LogP contribution in [-0.2, 0) is 0 Å². The van der Waals surface area contributed by atoms with Gasteiger partial charge in [-0.3, -0.25) is 19.8 Å². The summed E-state index contributed by atoms with van der Waals surface area (Å²) in [4.78, 5) is 36.3. The molecule has 0 aromatic heterocycles. The van der Waals surface area contributed by atoms with E-state index in [1.807, 2.05) is 35.8 Å². The molecule has 3 aromatic carbocycles. The third kappa shape index (κ3) is 5.75. The number of Topliss-reactive ketones (excluding diaryl/α,β-unsaturated/α-hetero) is 1. The van der Waals surface area contributed by atoms with Gasteiger partial charge in [0.05, 0.1) is 5.56 Å². The van der Waals surface area contributed by atoms with Crippen LogP contribution in [0.25, 0.3) is 0 Å². The first kappa shape index (κ1) is 22.6. The number of amides is 2. The normalized spacial score (nSPS) is 10.1. The molecule has 9 heteroatoms. The van der Waals surface area contributed by atoms with Gasteiger partial charge in [-0.05, 0) is 73.7 Å². The lowest BCUT2D eigenvalue weighted by atomic mass is 10.0. The van der Waals surface area contributed by atoms with Crippen LogP contribution in [0, 0.1) is 0 Å². The maximum Gasteiger partial charge on any atom is 0.265 e. The lowest BCUT2D eigenvalue weighted by Gasteiger charge is -2.12. The standard InChI is InChI=1S/C23H21N5O3S/c1-14(29)19-12-11-18(13-20(19)22(31)28-24)25-21(30)15-7-9-17(10-8-15)27-23(32)26-16-5-3-2-4-6-16/h2-13H,24H2,1H3,(H,25,30)(H,28,31)(H2,26,27,32). The van der Waals surface area contributed by atoms with E-state index in [0.29, 0.717) is 22.1 Å². The lowest BCUT2D eigenvalue weighted by molar-refractivity contribution is 0.0938. The molecule has 0 atom stereocenters. The van der Waals surface area contributed by atoms with Crippen molar-refractivity contribution in [1.29, 1.82) is 0 Å². The van der Waals surface area contributed by atoms with Gasteiger partial charge in [-0.15, -0.1) is 0 Å². The second-order valence-electron chi connectivity index (χ2n) is 6.77. The highest BCUT2D eigenvalue weighted by atomic mass is 32.1. The zero-order chi connectivity index (χ0) is 23.1. The second kappa shape index (κ2) is 10.3. The van der Waals surface area contributed by atoms with Crippen LogP contribution in [0.1, 0.15) is 38.0 Å². The molecule has 0 aliphatic rings. The Morgan fingerprint density at radius 3 is 1.91 bits per heavy atom. The Hall–Kier alpha value is -4.08. The molecule has 0 saturated carbocycles. The summed E-state index contributed by atoms with van der Waals surface area (Å²) in [6, 6.07) is 20.6. The number of nitrogen functional groups attached to an aromatic ring is 1. The molecule has 0 spiro atoms. The maximum absolute atomic E-state index is 12.6. The van der Waals surface area contributed by atoms with Crippen LogP contribution < -0.4 is 27.2 Å². The first-order chi connectivity index (χ1) is 15.4. The van der Waals surface area contributed by atoms with Gasteiger partial charge in [0.25, 0.3) is 11.8 Å². The van der Waals surface area contributed by atoms with Gasteiger partial charge in [0.15, 0.2) is 10.9 Å². The van der Waals surface area contributed by atoms with Crippen molar-refractivity contribution in [2.75, 3.05) is 16.0 Å². The van der Waals surface area contributed by atoms with Crippen molar-refractivity contribution in [3.05, 3.63) is 89.5 Å². The number of carbonyl (C=O) groups is 3. The predicted octanol–water partition coefficient (Wildman–Crippen LogP) is 3.55. The molecule has 3 aromatic rings. The maximum atomic E-state index is 12.6. The molecule has 3 rings (SSSR count). The third-order valence-corrected chi connectivity index (χ3v) is 4.67. The smallest absolute Gasteiger partial charge is 0.265 e. The molecule has 8 nitrogen and oxygen atoms in total. The quantitative estimate of drug-likeness (QED) is 0.129. The summed E-state index contributed by atoms with van der Waals surface area (Å²) >= 11 is 5.29. The summed E-state index contributed by atoms with van der Waals surface area (Å²) in [5, 5.41) is 9.25. The number of hydrazine groups is 1. The summed E-state index contributed by atoms with van der Waals surface area (Å²) in [5.41, 5.74) is 4.62. The minimum absolute atomic E-state index is 0.0803. The van der Waals surface area contributed by atoms with Crippen molar-refractivity contribution in [2.45, 2.75) is 6.92 Å². The molecule has 32 heavy (non-hydrogen) atoms. The van der Waals surface area contributed by atoms with Crippen molar-refractivity contribution in [3.8, 4) is 0 Å². The van der Waals surface area contributed by atoms with Gasteiger partial charge >= 0.3 is 0 Å². The van der Waals surface area contributed by atoms with Crippen molar-refractivity contribution < 1.29 is 14.4 Å². The van der Waals surface area contributed by atoms with E-state index in [4.69, 9.17) is 18.1 Å². The molecule has 0 fully saturated rings. The van der Waals surface area contributed by atoms with Crippen LogP contribution >= 0.6 is 12.2 Å². The average molecular weight is 448 g/mol. The molecule has 162 valence electrons. The highest BCUT2D eigenvalue weighted by Crippen LogP contribution is 2.18. The Morgan fingerprint density at radius 1 is 0.719 bits per heavy atom. The van der Waals surface area contributed by atoms with Crippen molar-refractivity contribution >= 4 is 52.0 Å². The Kier molecular flexibility index (Phi) is 7.27. The first-order valence-electron chi connectivity index (χ1n) is 9.58. The molecule has 2 amide bonds. The van der Waals surface area contributed by atoms with E-state index in [0.717, 1.165) is 5.69 Å². The van der Waals surface area contributed by atoms with Crippen LogP contribution in [0.5, 0.6) is 0 Å². The Balaban J connectivity index is 1.66. The number of anilines is 3. The topological polar surface area (TPSA) is 125 Å². The van der Waals surface area contributed by atoms with E-state index < -0.39 is 5.91 Å². The highest BCUT2D eigenvalue weighted by Gasteiger charge is 2.16. The molecular formula is C23H21N5O3S. The second-order valence-corrected chi connectivity index (χ2v) is 7.17. The SMILES string of the molecule is CC(=O)c1ccc(NC(=O)c2ccc(NC(=S)Nc3ccccc3)cc2)cc1C(=O)NN. The van der Waals surface area contributed by atoms with Crippen molar-refractivity contribution in [3.63, 3.8) is 0 Å². The van der Waals surface area contributed by atoms with E-state index in [2.05, 4.69) is 16.0 Å². The number of ketones is 1.